The van der Waals surface area contributed by atoms with E-state index in [0.717, 1.165) is 70.7 Å². The average molecular weight is 929 g/mol. The predicted octanol–water partition coefficient (Wildman–Crippen LogP) is 7.12. The quantitative estimate of drug-likeness (QED) is 0.0624. The summed E-state index contributed by atoms with van der Waals surface area (Å²) in [4.78, 5) is 66.9. The first-order chi connectivity index (χ1) is 31.4. The summed E-state index contributed by atoms with van der Waals surface area (Å²) < 4.78 is 24.8. The molecule has 0 aliphatic carbocycles. The van der Waals surface area contributed by atoms with Crippen LogP contribution in [0, 0.1) is 5.41 Å². The molecule has 3 aromatic heterocycles. The number of alkyl carbamates (subject to hydrolysis) is 1. The molecule has 3 aliphatic heterocycles. The number of methoxy groups -OCH3 is 1. The molecular formula is C49H68N8O8S. The molecule has 0 saturated carbocycles. The Hall–Kier alpha value is -4.94. The fourth-order valence-electron chi connectivity index (χ4n) is 9.31. The highest BCUT2D eigenvalue weighted by Gasteiger charge is 2.34. The van der Waals surface area contributed by atoms with Crippen LogP contribution in [0.4, 0.5) is 10.5 Å². The van der Waals surface area contributed by atoms with E-state index in [1.54, 1.807) is 27.9 Å². The van der Waals surface area contributed by atoms with Crippen molar-refractivity contribution in [2.75, 3.05) is 51.3 Å². The van der Waals surface area contributed by atoms with Crippen molar-refractivity contribution in [3.05, 3.63) is 52.1 Å². The molecule has 1 aromatic carbocycles. The number of thiazole rings is 1. The van der Waals surface area contributed by atoms with Gasteiger partial charge in [-0.2, -0.15) is 0 Å². The van der Waals surface area contributed by atoms with E-state index in [1.807, 2.05) is 18.5 Å². The molecule has 0 radical (unpaired) electrons. The highest BCUT2D eigenvalue weighted by molar-refractivity contribution is 7.10. The average Bonchev–Trinajstić information content (AvgIpc) is 3.88. The fourth-order valence-corrected chi connectivity index (χ4v) is 10.2. The number of piperazine rings is 1. The normalized spacial score (nSPS) is 19.2. The van der Waals surface area contributed by atoms with Crippen LogP contribution in [0.5, 0.6) is 0 Å². The van der Waals surface area contributed by atoms with Crippen LogP contribution in [0.1, 0.15) is 110 Å². The summed E-state index contributed by atoms with van der Waals surface area (Å²) in [7, 11) is 1.71. The molecule has 7 rings (SSSR count). The Morgan fingerprint density at radius 3 is 2.55 bits per heavy atom. The number of amides is 1. The number of piperidine rings is 1. The van der Waals surface area contributed by atoms with E-state index in [2.05, 4.69) is 75.6 Å². The zero-order valence-corrected chi connectivity index (χ0v) is 40.9. The maximum absolute atomic E-state index is 13.6. The molecule has 0 spiro atoms. The Bertz CT molecular complexity index is 2380. The third-order valence-electron chi connectivity index (χ3n) is 12.7. The van der Waals surface area contributed by atoms with Crippen LogP contribution in [0.3, 0.4) is 0 Å². The lowest BCUT2D eigenvalue weighted by molar-refractivity contribution is -0.163. The van der Waals surface area contributed by atoms with Crippen LogP contribution in [0.25, 0.3) is 33.4 Å². The van der Waals surface area contributed by atoms with Crippen LogP contribution in [-0.4, -0.2) is 114 Å². The van der Waals surface area contributed by atoms with Gasteiger partial charge in [0, 0.05) is 92.0 Å². The lowest BCUT2D eigenvalue weighted by Gasteiger charge is -2.45. The Balaban J connectivity index is 1.27. The summed E-state index contributed by atoms with van der Waals surface area (Å²) in [6.07, 6.45) is 6.44. The zero-order chi connectivity index (χ0) is 47.3. The number of rotatable bonds is 15. The van der Waals surface area contributed by atoms with Crippen molar-refractivity contribution >= 4 is 51.9 Å². The summed E-state index contributed by atoms with van der Waals surface area (Å²) in [5, 5.41) is 6.13. The molecular weight excluding hydrogens is 861 g/mol. The highest BCUT2D eigenvalue weighted by atomic mass is 32.1. The van der Waals surface area contributed by atoms with Gasteiger partial charge in [-0.15, -0.1) is 11.3 Å². The monoisotopic (exact) mass is 928 g/mol. The third kappa shape index (κ3) is 11.8. The van der Waals surface area contributed by atoms with Crippen LogP contribution >= 0.6 is 11.3 Å². The Kier molecular flexibility index (Phi) is 15.5. The molecule has 0 bridgehead atoms. The largest absolute Gasteiger partial charge is 0.465 e. The lowest BCUT2D eigenvalue weighted by atomic mass is 9.84. The molecule has 16 nitrogen and oxygen atoms in total. The molecule has 3 aliphatic rings. The van der Waals surface area contributed by atoms with Gasteiger partial charge in [0.15, 0.2) is 0 Å². The molecule has 1 unspecified atom stereocenters. The molecule has 6 heterocycles. The summed E-state index contributed by atoms with van der Waals surface area (Å²) in [5.74, 6) is -1.95. The lowest BCUT2D eigenvalue weighted by Crippen LogP contribution is -2.54. The standard InChI is InChI=1S/C49H68N8O8S/c1-10-57-41-17-16-32(40-28-66-42(52-40)24-39(53-47(61)65-48(4,5)6)46(60)64-45(59)38-15-13-18-51-54-38)22-35(41)37(25-49(7,8)29-63-31(3)58)44(57)36-23-34(26-50-43(36)30(2)62-9)56-21-20-55-19-12-11-14-33(55)27-56/h16-17,22-23,26,28,30,33,38-39,51,54H,10-15,18-21,24-25,27,29H2,1-9H3,(H,53,61)/t30-,33+,38?,39-/m0/s1. The van der Waals surface area contributed by atoms with E-state index in [-0.39, 0.29) is 25.1 Å². The number of ether oxygens (including phenoxy) is 4. The highest BCUT2D eigenvalue weighted by Crippen LogP contribution is 2.43. The minimum atomic E-state index is -1.24. The topological polar surface area (TPSA) is 178 Å². The number of fused-ring (bicyclic) bond motifs is 2. The second kappa shape index (κ2) is 20.9. The van der Waals surface area contributed by atoms with E-state index < -0.39 is 41.1 Å². The van der Waals surface area contributed by atoms with Crippen molar-refractivity contribution in [1.29, 1.82) is 0 Å². The number of carbonyl (C=O) groups excluding carboxylic acids is 4. The van der Waals surface area contributed by atoms with Crippen LogP contribution < -0.4 is 21.1 Å². The smallest absolute Gasteiger partial charge is 0.408 e. The minimum absolute atomic E-state index is 0.0276. The number of carbonyl (C=O) groups is 4. The first-order valence-electron chi connectivity index (χ1n) is 23.4. The van der Waals surface area contributed by atoms with Crippen molar-refractivity contribution in [3.63, 3.8) is 0 Å². The van der Waals surface area contributed by atoms with E-state index in [1.165, 1.54) is 44.1 Å². The number of benzene rings is 1. The molecule has 3 fully saturated rings. The van der Waals surface area contributed by atoms with E-state index in [4.69, 9.17) is 28.9 Å². The van der Waals surface area contributed by atoms with Crippen molar-refractivity contribution in [2.45, 2.75) is 137 Å². The second-order valence-corrected chi connectivity index (χ2v) is 20.5. The van der Waals surface area contributed by atoms with Gasteiger partial charge >= 0.3 is 24.0 Å². The first-order valence-corrected chi connectivity index (χ1v) is 24.3. The molecule has 66 heavy (non-hydrogen) atoms. The van der Waals surface area contributed by atoms with Gasteiger partial charge in [0.25, 0.3) is 0 Å². The van der Waals surface area contributed by atoms with E-state index in [0.29, 0.717) is 42.7 Å². The number of esters is 3. The number of hydrogen-bond acceptors (Lipinski definition) is 15. The van der Waals surface area contributed by atoms with Gasteiger partial charge in [0.1, 0.15) is 17.7 Å². The molecule has 3 saturated heterocycles. The fraction of sp³-hybridized carbons (Fsp3) is 0.592. The van der Waals surface area contributed by atoms with Gasteiger partial charge in [0.2, 0.25) is 0 Å². The summed E-state index contributed by atoms with van der Waals surface area (Å²) in [6.45, 7) is 20.7. The number of nitrogens with zero attached hydrogens (tertiary/aromatic N) is 5. The second-order valence-electron chi connectivity index (χ2n) is 19.6. The van der Waals surface area contributed by atoms with Crippen molar-refractivity contribution < 1.29 is 38.1 Å². The number of nitrogens with one attached hydrogen (secondary N) is 3. The van der Waals surface area contributed by atoms with E-state index >= 15 is 0 Å². The van der Waals surface area contributed by atoms with Gasteiger partial charge < -0.3 is 33.7 Å². The SMILES string of the molecule is CCn1c(-c2cc(N3CCN4CCCC[C@@H]4C3)cnc2[C@H](C)OC)c(CC(C)(C)COC(C)=O)c2cc(-c3csc(C[C@H](NC(=O)OC(C)(C)C)C(=O)OC(=O)C4CCCNN4)n3)ccc21. The van der Waals surface area contributed by atoms with Gasteiger partial charge in [-0.25, -0.2) is 24.8 Å². The van der Waals surface area contributed by atoms with Crippen LogP contribution in [0.2, 0.25) is 0 Å². The van der Waals surface area contributed by atoms with Crippen molar-refractivity contribution in [3.8, 4) is 22.5 Å². The number of hydrogen-bond donors (Lipinski definition) is 3. The van der Waals surface area contributed by atoms with Crippen LogP contribution in [-0.2, 0) is 52.7 Å². The molecule has 3 N–H and O–H groups in total. The van der Waals surface area contributed by atoms with Crippen LogP contribution in [0.15, 0.2) is 35.8 Å². The Morgan fingerprint density at radius 1 is 1.03 bits per heavy atom. The number of hydrazine groups is 1. The van der Waals surface area contributed by atoms with Gasteiger partial charge in [0.05, 0.1) is 46.7 Å². The first kappa shape index (κ1) is 49.0. The number of pyridine rings is 1. The molecule has 4 atom stereocenters. The summed E-state index contributed by atoms with van der Waals surface area (Å²) in [6, 6.07) is 7.24. The summed E-state index contributed by atoms with van der Waals surface area (Å²) in [5.41, 5.74) is 12.2. The predicted molar refractivity (Wildman–Crippen MR) is 255 cm³/mol. The maximum atomic E-state index is 13.6. The Morgan fingerprint density at radius 2 is 1.83 bits per heavy atom. The molecule has 358 valence electrons. The van der Waals surface area contributed by atoms with Gasteiger partial charge in [-0.1, -0.05) is 26.3 Å². The number of aromatic nitrogens is 3. The third-order valence-corrected chi connectivity index (χ3v) is 13.5. The molecule has 4 aromatic rings. The molecule has 1 amide bonds. The maximum Gasteiger partial charge on any atom is 0.408 e. The number of aryl methyl sites for hydroxylation is 1. The minimum Gasteiger partial charge on any atom is -0.465 e. The van der Waals surface area contributed by atoms with Crippen molar-refractivity contribution in [1.82, 2.24) is 35.6 Å². The molecule has 17 heteroatoms. The van der Waals surface area contributed by atoms with Crippen molar-refractivity contribution in [2.24, 2.45) is 5.41 Å². The summed E-state index contributed by atoms with van der Waals surface area (Å²) >= 11 is 1.34. The zero-order valence-electron chi connectivity index (χ0n) is 40.1. The van der Waals surface area contributed by atoms with Gasteiger partial charge in [-0.3, -0.25) is 20.1 Å². The Labute approximate surface area is 392 Å². The number of anilines is 1. The van der Waals surface area contributed by atoms with Gasteiger partial charge in [-0.05, 0) is 97.0 Å². The van der Waals surface area contributed by atoms with E-state index in [9.17, 15) is 19.2 Å².